The van der Waals surface area contributed by atoms with Gasteiger partial charge in [-0.15, -0.1) is 11.3 Å². The van der Waals surface area contributed by atoms with Gasteiger partial charge in [0.15, 0.2) is 5.78 Å². The van der Waals surface area contributed by atoms with E-state index < -0.39 is 5.97 Å². The average molecular weight is 256 g/mol. The van der Waals surface area contributed by atoms with Crippen LogP contribution in [0, 0.1) is 0 Å². The fraction of sp³-hybridized carbons (Fsp3) is 0.455. The Hall–Kier alpha value is -1.56. The van der Waals surface area contributed by atoms with Crippen molar-refractivity contribution in [2.24, 2.45) is 0 Å². The minimum absolute atomic E-state index is 0.135. The minimum atomic E-state index is -0.533. The van der Waals surface area contributed by atoms with E-state index in [-0.39, 0.29) is 23.1 Å². The van der Waals surface area contributed by atoms with Crippen molar-refractivity contribution >= 4 is 33.8 Å². The molecular formula is C11H16N2O3S. The molecule has 1 heterocycles. The summed E-state index contributed by atoms with van der Waals surface area (Å²) >= 11 is 1.18. The van der Waals surface area contributed by atoms with E-state index in [9.17, 15) is 9.59 Å². The smallest absolute Gasteiger partial charge is 0.343 e. The first-order valence-corrected chi connectivity index (χ1v) is 5.98. The van der Waals surface area contributed by atoms with Crippen molar-refractivity contribution in [1.29, 1.82) is 0 Å². The van der Waals surface area contributed by atoms with Crippen LogP contribution >= 0.6 is 11.3 Å². The number of ether oxygens (including phenoxy) is 1. The molecule has 5 nitrogen and oxygen atoms in total. The third-order valence-corrected chi connectivity index (χ3v) is 3.31. The second kappa shape index (κ2) is 5.18. The molecule has 0 aromatic carbocycles. The van der Waals surface area contributed by atoms with Gasteiger partial charge in [-0.1, -0.05) is 0 Å². The van der Waals surface area contributed by atoms with Crippen molar-refractivity contribution in [3.8, 4) is 0 Å². The highest BCUT2D eigenvalue weighted by atomic mass is 32.1. The molecular weight excluding hydrogens is 240 g/mol. The van der Waals surface area contributed by atoms with Gasteiger partial charge >= 0.3 is 5.97 Å². The molecule has 1 rings (SSSR count). The fourth-order valence-corrected chi connectivity index (χ4v) is 2.52. The maximum absolute atomic E-state index is 11.6. The number of rotatable bonds is 4. The summed E-state index contributed by atoms with van der Waals surface area (Å²) in [5.41, 5.74) is 6.24. The predicted molar refractivity (Wildman–Crippen MR) is 68.8 cm³/mol. The van der Waals surface area contributed by atoms with Crippen molar-refractivity contribution in [3.63, 3.8) is 0 Å². The number of thiophene rings is 1. The Morgan fingerprint density at radius 2 is 2.00 bits per heavy atom. The third-order valence-electron chi connectivity index (χ3n) is 2.07. The Morgan fingerprint density at radius 3 is 2.41 bits per heavy atom. The number of anilines is 2. The van der Waals surface area contributed by atoms with Crippen LogP contribution in [0.4, 0.5) is 10.7 Å². The number of hydrogen-bond donors (Lipinski definition) is 2. The second-order valence-corrected chi connectivity index (χ2v) is 4.92. The van der Waals surface area contributed by atoms with E-state index in [1.807, 2.05) is 13.8 Å². The highest BCUT2D eigenvalue weighted by Gasteiger charge is 2.24. The van der Waals surface area contributed by atoms with Gasteiger partial charge in [0, 0.05) is 13.0 Å². The first-order chi connectivity index (χ1) is 7.88. The zero-order valence-electron chi connectivity index (χ0n) is 10.3. The number of ketones is 1. The van der Waals surface area contributed by atoms with E-state index in [1.54, 1.807) is 0 Å². The van der Waals surface area contributed by atoms with Crippen LogP contribution in [-0.4, -0.2) is 24.9 Å². The number of nitrogens with two attached hydrogens (primary N) is 1. The number of carbonyl (C=O) groups excluding carboxylic acids is 2. The van der Waals surface area contributed by atoms with Crippen LogP contribution in [0.2, 0.25) is 0 Å². The molecule has 0 radical (unpaired) electrons. The standard InChI is InChI=1S/C11H16N2O3S/c1-5(2)13-10-7(11(15)16-4)8(12)9(17-10)6(3)14/h5,13H,12H2,1-4H3. The summed E-state index contributed by atoms with van der Waals surface area (Å²) in [5, 5.41) is 3.67. The van der Waals surface area contributed by atoms with Gasteiger partial charge in [-0.2, -0.15) is 0 Å². The molecule has 6 heteroatoms. The Labute approximate surface area is 104 Å². The third kappa shape index (κ3) is 2.76. The van der Waals surface area contributed by atoms with Gasteiger partial charge in [0.2, 0.25) is 0 Å². The Morgan fingerprint density at radius 1 is 1.41 bits per heavy atom. The molecule has 1 aromatic rings. The highest BCUT2D eigenvalue weighted by Crippen LogP contribution is 2.36. The van der Waals surface area contributed by atoms with Gasteiger partial charge in [0.05, 0.1) is 17.7 Å². The summed E-state index contributed by atoms with van der Waals surface area (Å²) in [4.78, 5) is 23.4. The number of esters is 1. The molecule has 0 aliphatic carbocycles. The number of carbonyl (C=O) groups is 2. The Kier molecular flexibility index (Phi) is 4.11. The number of nitrogens with one attached hydrogen (secondary N) is 1. The lowest BCUT2D eigenvalue weighted by molar-refractivity contribution is 0.0603. The lowest BCUT2D eigenvalue weighted by atomic mass is 10.2. The molecule has 0 unspecified atom stereocenters. The van der Waals surface area contributed by atoms with E-state index in [2.05, 4.69) is 10.1 Å². The van der Waals surface area contributed by atoms with Crippen LogP contribution < -0.4 is 11.1 Å². The van der Waals surface area contributed by atoms with Gasteiger partial charge in [0.1, 0.15) is 10.6 Å². The van der Waals surface area contributed by atoms with Gasteiger partial charge in [-0.25, -0.2) is 4.79 Å². The van der Waals surface area contributed by atoms with E-state index in [1.165, 1.54) is 25.4 Å². The van der Waals surface area contributed by atoms with Crippen LogP contribution in [0.3, 0.4) is 0 Å². The van der Waals surface area contributed by atoms with E-state index >= 15 is 0 Å². The molecule has 1 aromatic heterocycles. The first-order valence-electron chi connectivity index (χ1n) is 5.16. The summed E-state index contributed by atoms with van der Waals surface area (Å²) in [6, 6.07) is 0.135. The maximum atomic E-state index is 11.6. The van der Waals surface area contributed by atoms with Gasteiger partial charge in [-0.3, -0.25) is 4.79 Å². The molecule has 0 amide bonds. The van der Waals surface area contributed by atoms with E-state index in [0.717, 1.165) is 0 Å². The average Bonchev–Trinajstić information content (AvgIpc) is 2.54. The molecule has 17 heavy (non-hydrogen) atoms. The first kappa shape index (κ1) is 13.5. The summed E-state index contributed by atoms with van der Waals surface area (Å²) in [7, 11) is 1.28. The van der Waals surface area contributed by atoms with Gasteiger partial charge in [0.25, 0.3) is 0 Å². The molecule has 94 valence electrons. The molecule has 0 bridgehead atoms. The molecule has 0 saturated carbocycles. The van der Waals surface area contributed by atoms with E-state index in [0.29, 0.717) is 9.88 Å². The number of nitrogen functional groups attached to an aromatic ring is 1. The van der Waals surface area contributed by atoms with E-state index in [4.69, 9.17) is 5.73 Å². The highest BCUT2D eigenvalue weighted by molar-refractivity contribution is 7.19. The Balaban J connectivity index is 3.31. The van der Waals surface area contributed by atoms with Crippen molar-refractivity contribution in [3.05, 3.63) is 10.4 Å². The zero-order chi connectivity index (χ0) is 13.2. The minimum Gasteiger partial charge on any atom is -0.465 e. The molecule has 0 aliphatic heterocycles. The van der Waals surface area contributed by atoms with Crippen LogP contribution in [0.25, 0.3) is 0 Å². The maximum Gasteiger partial charge on any atom is 0.343 e. The van der Waals surface area contributed by atoms with Gasteiger partial charge < -0.3 is 15.8 Å². The lowest BCUT2D eigenvalue weighted by Gasteiger charge is -2.09. The molecule has 0 aliphatic rings. The van der Waals surface area contributed by atoms with Crippen LogP contribution in [-0.2, 0) is 4.74 Å². The van der Waals surface area contributed by atoms with Crippen molar-refractivity contribution in [2.45, 2.75) is 26.8 Å². The molecule has 0 spiro atoms. The second-order valence-electron chi connectivity index (χ2n) is 3.90. The summed E-state index contributed by atoms with van der Waals surface area (Å²) in [6.45, 7) is 5.29. The summed E-state index contributed by atoms with van der Waals surface area (Å²) < 4.78 is 4.67. The fourth-order valence-electron chi connectivity index (χ4n) is 1.37. The summed E-state index contributed by atoms with van der Waals surface area (Å²) in [6.07, 6.45) is 0. The van der Waals surface area contributed by atoms with Crippen LogP contribution in [0.15, 0.2) is 0 Å². The van der Waals surface area contributed by atoms with Crippen LogP contribution in [0.1, 0.15) is 40.8 Å². The monoisotopic (exact) mass is 256 g/mol. The zero-order valence-corrected chi connectivity index (χ0v) is 11.1. The van der Waals surface area contributed by atoms with Crippen molar-refractivity contribution in [2.75, 3.05) is 18.2 Å². The number of hydrogen-bond acceptors (Lipinski definition) is 6. The Bertz CT molecular complexity index is 452. The molecule has 0 atom stereocenters. The largest absolute Gasteiger partial charge is 0.465 e. The van der Waals surface area contributed by atoms with Crippen molar-refractivity contribution < 1.29 is 14.3 Å². The predicted octanol–water partition coefficient (Wildman–Crippen LogP) is 2.14. The number of Topliss-reactive ketones (excluding diaryl/α,β-unsaturated/α-hetero) is 1. The SMILES string of the molecule is COC(=O)c1c(NC(C)C)sc(C(C)=O)c1N. The summed E-state index contributed by atoms with van der Waals surface area (Å²) in [5.74, 6) is -0.691. The van der Waals surface area contributed by atoms with Gasteiger partial charge in [-0.05, 0) is 13.8 Å². The molecule has 0 saturated heterocycles. The topological polar surface area (TPSA) is 81.4 Å². The van der Waals surface area contributed by atoms with Crippen molar-refractivity contribution in [1.82, 2.24) is 0 Å². The quantitative estimate of drug-likeness (QED) is 0.637. The molecule has 3 N–H and O–H groups in total. The molecule has 0 fully saturated rings. The lowest BCUT2D eigenvalue weighted by Crippen LogP contribution is -2.13. The number of methoxy groups -OCH3 is 1. The normalized spacial score (nSPS) is 10.4. The van der Waals surface area contributed by atoms with Crippen LogP contribution in [0.5, 0.6) is 0 Å².